The van der Waals surface area contributed by atoms with Gasteiger partial charge in [-0.05, 0) is 6.92 Å². The molecule has 2 rings (SSSR count). The molecule has 2 heterocycles. The molecule has 2 aromatic heterocycles. The zero-order valence-electron chi connectivity index (χ0n) is 11.6. The van der Waals surface area contributed by atoms with Crippen molar-refractivity contribution in [1.82, 2.24) is 19.7 Å². The van der Waals surface area contributed by atoms with Crippen molar-refractivity contribution in [3.8, 4) is 0 Å². The van der Waals surface area contributed by atoms with Gasteiger partial charge in [0.2, 0.25) is 0 Å². The molecule has 0 unspecified atom stereocenters. The number of nitrogens with zero attached hydrogens (tertiary/aromatic N) is 4. The Kier molecular flexibility index (Phi) is 4.33. The first-order chi connectivity index (χ1) is 9.21. The van der Waals surface area contributed by atoms with Gasteiger partial charge in [0, 0.05) is 44.4 Å². The lowest BCUT2D eigenvalue weighted by Gasteiger charge is -2.09. The van der Waals surface area contributed by atoms with Crippen LogP contribution in [0.5, 0.6) is 0 Å². The Bertz CT molecular complexity index is 534. The van der Waals surface area contributed by atoms with Crippen LogP contribution in [0.1, 0.15) is 25.2 Å². The van der Waals surface area contributed by atoms with Crippen LogP contribution in [-0.2, 0) is 20.0 Å². The molecular formula is C13H20N6. The second-order valence-electron chi connectivity index (χ2n) is 4.31. The second-order valence-corrected chi connectivity index (χ2v) is 4.31. The Hall–Kier alpha value is -2.11. The molecule has 0 atom stereocenters. The van der Waals surface area contributed by atoms with E-state index >= 15 is 0 Å². The molecule has 0 amide bonds. The summed E-state index contributed by atoms with van der Waals surface area (Å²) in [7, 11) is 1.91. The van der Waals surface area contributed by atoms with E-state index in [1.54, 1.807) is 4.68 Å². The van der Waals surface area contributed by atoms with E-state index in [1.165, 1.54) is 0 Å². The van der Waals surface area contributed by atoms with Gasteiger partial charge in [-0.1, -0.05) is 6.92 Å². The molecule has 0 saturated heterocycles. The molecule has 6 nitrogen and oxygen atoms in total. The molecule has 0 aliphatic heterocycles. The summed E-state index contributed by atoms with van der Waals surface area (Å²) in [6, 6.07) is 1.93. The topological polar surface area (TPSA) is 67.7 Å². The molecule has 6 heteroatoms. The Morgan fingerprint density at radius 2 is 1.89 bits per heavy atom. The molecule has 0 spiro atoms. The van der Waals surface area contributed by atoms with Crippen LogP contribution in [-0.4, -0.2) is 26.3 Å². The molecule has 0 aromatic carbocycles. The Labute approximate surface area is 113 Å². The van der Waals surface area contributed by atoms with Gasteiger partial charge in [-0.2, -0.15) is 5.10 Å². The molecule has 0 aliphatic carbocycles. The molecule has 0 aliphatic rings. The highest BCUT2D eigenvalue weighted by Gasteiger charge is 2.03. The highest BCUT2D eigenvalue weighted by molar-refractivity contribution is 5.47. The summed E-state index contributed by atoms with van der Waals surface area (Å²) in [5.41, 5.74) is 1.13. The first kappa shape index (κ1) is 13.3. The van der Waals surface area contributed by atoms with E-state index in [1.807, 2.05) is 25.5 Å². The molecule has 0 saturated carbocycles. The molecule has 2 aromatic rings. The van der Waals surface area contributed by atoms with E-state index < -0.39 is 0 Å². The van der Waals surface area contributed by atoms with Crippen molar-refractivity contribution < 1.29 is 0 Å². The minimum absolute atomic E-state index is 0.708. The maximum absolute atomic E-state index is 4.47. The van der Waals surface area contributed by atoms with Crippen LogP contribution in [0.2, 0.25) is 0 Å². The van der Waals surface area contributed by atoms with E-state index in [0.29, 0.717) is 6.54 Å². The van der Waals surface area contributed by atoms with Gasteiger partial charge in [0.05, 0.1) is 6.20 Å². The quantitative estimate of drug-likeness (QED) is 0.829. The van der Waals surface area contributed by atoms with Crippen molar-refractivity contribution in [1.29, 1.82) is 0 Å². The molecular weight excluding hydrogens is 240 g/mol. The molecule has 0 fully saturated rings. The summed E-state index contributed by atoms with van der Waals surface area (Å²) < 4.78 is 1.79. The van der Waals surface area contributed by atoms with Crippen molar-refractivity contribution in [2.45, 2.75) is 26.8 Å². The molecule has 102 valence electrons. The maximum atomic E-state index is 4.47. The molecule has 19 heavy (non-hydrogen) atoms. The fraction of sp³-hybridized carbons (Fsp3) is 0.462. The van der Waals surface area contributed by atoms with Crippen LogP contribution >= 0.6 is 0 Å². The van der Waals surface area contributed by atoms with E-state index in [-0.39, 0.29) is 0 Å². The number of aromatic nitrogens is 4. The van der Waals surface area contributed by atoms with Gasteiger partial charge in [0.1, 0.15) is 17.5 Å². The van der Waals surface area contributed by atoms with E-state index in [2.05, 4.69) is 39.5 Å². The van der Waals surface area contributed by atoms with Gasteiger partial charge in [0.25, 0.3) is 0 Å². The Morgan fingerprint density at radius 1 is 1.16 bits per heavy atom. The molecule has 0 bridgehead atoms. The van der Waals surface area contributed by atoms with Crippen molar-refractivity contribution >= 4 is 11.6 Å². The fourth-order valence-electron chi connectivity index (χ4n) is 1.77. The maximum Gasteiger partial charge on any atom is 0.132 e. The molecule has 0 radical (unpaired) electrons. The number of rotatable bonds is 6. The SMILES string of the molecule is CCNc1cc(NCc2cnn(C)c2)nc(CC)n1. The lowest BCUT2D eigenvalue weighted by atomic mass is 10.3. The average Bonchev–Trinajstić information content (AvgIpc) is 2.82. The van der Waals surface area contributed by atoms with Gasteiger partial charge in [-0.15, -0.1) is 0 Å². The number of aryl methyl sites for hydroxylation is 2. The van der Waals surface area contributed by atoms with E-state index in [9.17, 15) is 0 Å². The summed E-state index contributed by atoms with van der Waals surface area (Å²) in [6.07, 6.45) is 4.65. The predicted octanol–water partition coefficient (Wildman–Crippen LogP) is 1.82. The predicted molar refractivity (Wildman–Crippen MR) is 76.1 cm³/mol. The smallest absolute Gasteiger partial charge is 0.132 e. The van der Waals surface area contributed by atoms with E-state index in [0.717, 1.165) is 36.0 Å². The van der Waals surface area contributed by atoms with Crippen molar-refractivity contribution in [3.63, 3.8) is 0 Å². The summed E-state index contributed by atoms with van der Waals surface area (Å²) in [4.78, 5) is 8.89. The second kappa shape index (κ2) is 6.17. The van der Waals surface area contributed by atoms with Gasteiger partial charge in [-0.3, -0.25) is 4.68 Å². The first-order valence-electron chi connectivity index (χ1n) is 6.54. The van der Waals surface area contributed by atoms with E-state index in [4.69, 9.17) is 0 Å². The zero-order chi connectivity index (χ0) is 13.7. The minimum Gasteiger partial charge on any atom is -0.370 e. The highest BCUT2D eigenvalue weighted by atomic mass is 15.2. The van der Waals surface area contributed by atoms with Crippen molar-refractivity contribution in [2.24, 2.45) is 7.05 Å². The monoisotopic (exact) mass is 260 g/mol. The number of hydrogen-bond acceptors (Lipinski definition) is 5. The zero-order valence-corrected chi connectivity index (χ0v) is 11.6. The van der Waals surface area contributed by atoms with Crippen molar-refractivity contribution in [2.75, 3.05) is 17.2 Å². The standard InChI is InChI=1S/C13H20N6/c1-4-11-17-12(14-5-2)6-13(18-11)15-7-10-8-16-19(3)9-10/h6,8-9H,4-5,7H2,1-3H3,(H2,14,15,17,18). The Balaban J connectivity index is 2.08. The van der Waals surface area contributed by atoms with Crippen LogP contribution < -0.4 is 10.6 Å². The number of hydrogen-bond donors (Lipinski definition) is 2. The molecule has 2 N–H and O–H groups in total. The lowest BCUT2D eigenvalue weighted by Crippen LogP contribution is -2.07. The highest BCUT2D eigenvalue weighted by Crippen LogP contribution is 2.12. The van der Waals surface area contributed by atoms with Gasteiger partial charge >= 0.3 is 0 Å². The van der Waals surface area contributed by atoms with Crippen LogP contribution in [0.25, 0.3) is 0 Å². The van der Waals surface area contributed by atoms with Crippen LogP contribution in [0.4, 0.5) is 11.6 Å². The van der Waals surface area contributed by atoms with Crippen LogP contribution in [0, 0.1) is 0 Å². The lowest BCUT2D eigenvalue weighted by molar-refractivity contribution is 0.767. The minimum atomic E-state index is 0.708. The van der Waals surface area contributed by atoms with Gasteiger partial charge in [-0.25, -0.2) is 9.97 Å². The summed E-state index contributed by atoms with van der Waals surface area (Å²) >= 11 is 0. The van der Waals surface area contributed by atoms with Crippen LogP contribution in [0.15, 0.2) is 18.5 Å². The number of anilines is 2. The first-order valence-corrected chi connectivity index (χ1v) is 6.54. The van der Waals surface area contributed by atoms with Gasteiger partial charge < -0.3 is 10.6 Å². The fourth-order valence-corrected chi connectivity index (χ4v) is 1.77. The summed E-state index contributed by atoms with van der Waals surface area (Å²) in [5, 5.41) is 10.7. The number of nitrogens with one attached hydrogen (secondary N) is 2. The third-order valence-corrected chi connectivity index (χ3v) is 2.68. The normalized spacial score (nSPS) is 10.5. The third kappa shape index (κ3) is 3.67. The third-order valence-electron chi connectivity index (χ3n) is 2.68. The van der Waals surface area contributed by atoms with Crippen LogP contribution in [0.3, 0.4) is 0 Å². The largest absolute Gasteiger partial charge is 0.370 e. The summed E-state index contributed by atoms with van der Waals surface area (Å²) in [5.74, 6) is 2.54. The Morgan fingerprint density at radius 3 is 2.47 bits per heavy atom. The average molecular weight is 260 g/mol. The van der Waals surface area contributed by atoms with Gasteiger partial charge in [0.15, 0.2) is 0 Å². The van der Waals surface area contributed by atoms with Crippen molar-refractivity contribution in [3.05, 3.63) is 29.8 Å². The summed E-state index contributed by atoms with van der Waals surface area (Å²) in [6.45, 7) is 5.66.